The van der Waals surface area contributed by atoms with Crippen LogP contribution in [0.15, 0.2) is 12.1 Å². The van der Waals surface area contributed by atoms with Crippen molar-refractivity contribution in [3.63, 3.8) is 0 Å². The lowest BCUT2D eigenvalue weighted by atomic mass is 10.1. The minimum Gasteiger partial charge on any atom is -0.390 e. The number of amides is 1. The summed E-state index contributed by atoms with van der Waals surface area (Å²) in [6.45, 7) is 0. The van der Waals surface area contributed by atoms with E-state index >= 15 is 0 Å². The molecule has 0 heterocycles. The van der Waals surface area contributed by atoms with Crippen LogP contribution in [-0.4, -0.2) is 40.6 Å². The fraction of sp³-hybridized carbons (Fsp3) is 0.429. The van der Waals surface area contributed by atoms with Crippen LogP contribution < -0.4 is 0 Å². The first-order valence-corrected chi connectivity index (χ1v) is 8.23. The van der Waals surface area contributed by atoms with E-state index in [1.807, 2.05) is 6.07 Å². The molecular formula is C14H14Cl2N2O2S. The molecule has 1 N–H and O–H groups in total. The van der Waals surface area contributed by atoms with Crippen molar-refractivity contribution >= 4 is 40.9 Å². The molecule has 0 fully saturated rings. The zero-order valence-corrected chi connectivity index (χ0v) is 13.7. The number of benzene rings is 1. The number of hydrogen-bond acceptors (Lipinski definition) is 4. The van der Waals surface area contributed by atoms with Gasteiger partial charge in [-0.15, -0.1) is 11.8 Å². The van der Waals surface area contributed by atoms with Gasteiger partial charge in [0, 0.05) is 23.5 Å². The van der Waals surface area contributed by atoms with Crippen LogP contribution in [0.1, 0.15) is 17.2 Å². The van der Waals surface area contributed by atoms with Crippen molar-refractivity contribution in [1.82, 2.24) is 4.90 Å². The fourth-order valence-electron chi connectivity index (χ4n) is 2.54. The van der Waals surface area contributed by atoms with Crippen molar-refractivity contribution in [1.29, 1.82) is 5.26 Å². The largest absolute Gasteiger partial charge is 0.390 e. The van der Waals surface area contributed by atoms with Crippen LogP contribution in [0.4, 0.5) is 0 Å². The van der Waals surface area contributed by atoms with Crippen molar-refractivity contribution in [3.05, 3.63) is 33.3 Å². The maximum Gasteiger partial charge on any atom is 0.232 e. The van der Waals surface area contributed by atoms with E-state index in [-0.39, 0.29) is 17.4 Å². The summed E-state index contributed by atoms with van der Waals surface area (Å²) in [5, 5.41) is 19.8. The lowest BCUT2D eigenvalue weighted by Crippen LogP contribution is -2.37. The number of fused-ring (bicyclic) bond motifs is 1. The highest BCUT2D eigenvalue weighted by molar-refractivity contribution is 8.00. The molecule has 2 rings (SSSR count). The Morgan fingerprint density at radius 1 is 1.57 bits per heavy atom. The summed E-state index contributed by atoms with van der Waals surface area (Å²) in [6.07, 6.45) is -0.301. The standard InChI is InChI=1S/C14H14Cl2N2O2S/c1-18(13(20)7-21-3-2-17)14-10-4-8(15)5-11(16)9(10)6-12(14)19/h4-5,12,14,19H,3,6-7H2,1H3/t12-,14-/m0/s1. The van der Waals surface area contributed by atoms with Gasteiger partial charge in [-0.3, -0.25) is 4.79 Å². The Morgan fingerprint density at radius 2 is 2.29 bits per heavy atom. The van der Waals surface area contributed by atoms with Gasteiger partial charge < -0.3 is 10.0 Å². The first-order chi connectivity index (χ1) is 9.95. The van der Waals surface area contributed by atoms with Gasteiger partial charge in [0.2, 0.25) is 5.91 Å². The predicted molar refractivity (Wildman–Crippen MR) is 84.6 cm³/mol. The molecular weight excluding hydrogens is 331 g/mol. The molecule has 0 radical (unpaired) electrons. The Hall–Kier alpha value is -0.930. The van der Waals surface area contributed by atoms with Crippen LogP contribution in [0.2, 0.25) is 10.0 Å². The molecule has 1 aromatic rings. The number of aliphatic hydroxyl groups excluding tert-OH is 1. The molecule has 4 nitrogen and oxygen atoms in total. The normalized spacial score (nSPS) is 20.0. The fourth-order valence-corrected chi connectivity index (χ4v) is 3.70. The first kappa shape index (κ1) is 16.4. The van der Waals surface area contributed by atoms with Crippen LogP contribution in [0.3, 0.4) is 0 Å². The van der Waals surface area contributed by atoms with Gasteiger partial charge in [-0.05, 0) is 23.3 Å². The van der Waals surface area contributed by atoms with Crippen molar-refractivity contribution in [2.45, 2.75) is 18.6 Å². The SMILES string of the molecule is CN(C(=O)CSCC#N)[C@H]1c2cc(Cl)cc(Cl)c2C[C@@H]1O. The number of nitrogens with zero attached hydrogens (tertiary/aromatic N) is 2. The smallest absolute Gasteiger partial charge is 0.232 e. The summed E-state index contributed by atoms with van der Waals surface area (Å²) in [7, 11) is 1.65. The van der Waals surface area contributed by atoms with Crippen molar-refractivity contribution in [3.8, 4) is 6.07 Å². The second kappa shape index (κ2) is 6.89. The van der Waals surface area contributed by atoms with E-state index in [2.05, 4.69) is 0 Å². The van der Waals surface area contributed by atoms with Crippen molar-refractivity contribution in [2.75, 3.05) is 18.6 Å². The molecule has 1 amide bonds. The zero-order chi connectivity index (χ0) is 15.6. The van der Waals surface area contributed by atoms with Gasteiger partial charge in [-0.1, -0.05) is 23.2 Å². The maximum absolute atomic E-state index is 12.1. The number of nitriles is 1. The Kier molecular flexibility index (Phi) is 5.39. The molecule has 7 heteroatoms. The third-order valence-corrected chi connectivity index (χ3v) is 4.83. The maximum atomic E-state index is 12.1. The summed E-state index contributed by atoms with van der Waals surface area (Å²) in [4.78, 5) is 13.7. The van der Waals surface area contributed by atoms with Crippen LogP contribution in [0.5, 0.6) is 0 Å². The van der Waals surface area contributed by atoms with Gasteiger partial charge in [0.15, 0.2) is 0 Å². The van der Waals surface area contributed by atoms with Gasteiger partial charge in [0.25, 0.3) is 0 Å². The highest BCUT2D eigenvalue weighted by Gasteiger charge is 2.37. The van der Waals surface area contributed by atoms with E-state index < -0.39 is 12.1 Å². The van der Waals surface area contributed by atoms with Crippen LogP contribution in [0.25, 0.3) is 0 Å². The molecule has 0 unspecified atom stereocenters. The van der Waals surface area contributed by atoms with E-state index in [9.17, 15) is 9.90 Å². The molecule has 0 saturated carbocycles. The summed E-state index contributed by atoms with van der Waals surface area (Å²) in [5.74, 6) is 0.334. The lowest BCUT2D eigenvalue weighted by molar-refractivity contribution is -0.131. The molecule has 1 aliphatic rings. The number of likely N-dealkylation sites (N-methyl/N-ethyl adjacent to an activating group) is 1. The Morgan fingerprint density at radius 3 is 2.95 bits per heavy atom. The molecule has 0 bridgehead atoms. The Balaban J connectivity index is 2.22. The number of rotatable bonds is 4. The van der Waals surface area contributed by atoms with E-state index in [0.29, 0.717) is 16.5 Å². The van der Waals surface area contributed by atoms with Crippen LogP contribution in [0, 0.1) is 11.3 Å². The summed E-state index contributed by atoms with van der Waals surface area (Å²) >= 11 is 13.4. The Labute approximate surface area is 137 Å². The van der Waals surface area contributed by atoms with Gasteiger partial charge >= 0.3 is 0 Å². The predicted octanol–water partition coefficient (Wildman–Crippen LogP) is 2.67. The summed E-state index contributed by atoms with van der Waals surface area (Å²) < 4.78 is 0. The summed E-state index contributed by atoms with van der Waals surface area (Å²) in [5.41, 5.74) is 1.63. The lowest BCUT2D eigenvalue weighted by Gasteiger charge is -2.28. The first-order valence-electron chi connectivity index (χ1n) is 6.32. The molecule has 0 spiro atoms. The third-order valence-electron chi connectivity index (χ3n) is 3.49. The molecule has 112 valence electrons. The second-order valence-corrected chi connectivity index (χ2v) is 6.66. The third kappa shape index (κ3) is 3.46. The van der Waals surface area contributed by atoms with Gasteiger partial charge in [0.05, 0.1) is 29.7 Å². The molecule has 1 aromatic carbocycles. The molecule has 0 aromatic heterocycles. The minimum absolute atomic E-state index is 0.136. The Bertz CT molecular complexity index is 603. The summed E-state index contributed by atoms with van der Waals surface area (Å²) in [6, 6.07) is 4.91. The van der Waals surface area contributed by atoms with E-state index in [4.69, 9.17) is 28.5 Å². The number of carbonyl (C=O) groups is 1. The molecule has 2 atom stereocenters. The molecule has 21 heavy (non-hydrogen) atoms. The van der Waals surface area contributed by atoms with E-state index in [0.717, 1.165) is 11.1 Å². The van der Waals surface area contributed by atoms with Crippen LogP contribution >= 0.6 is 35.0 Å². The average Bonchev–Trinajstić information content (AvgIpc) is 2.74. The van der Waals surface area contributed by atoms with E-state index in [1.165, 1.54) is 16.7 Å². The van der Waals surface area contributed by atoms with Gasteiger partial charge in [-0.2, -0.15) is 5.26 Å². The number of hydrogen-bond donors (Lipinski definition) is 1. The second-order valence-electron chi connectivity index (χ2n) is 4.83. The van der Waals surface area contributed by atoms with Gasteiger partial charge in [-0.25, -0.2) is 0 Å². The monoisotopic (exact) mass is 344 g/mol. The molecule has 1 aliphatic carbocycles. The highest BCUT2D eigenvalue weighted by atomic mass is 35.5. The van der Waals surface area contributed by atoms with Gasteiger partial charge in [0.1, 0.15) is 0 Å². The van der Waals surface area contributed by atoms with Crippen LogP contribution in [-0.2, 0) is 11.2 Å². The number of carbonyl (C=O) groups excluding carboxylic acids is 1. The number of aliphatic hydroxyl groups is 1. The number of halogens is 2. The molecule has 0 aliphatic heterocycles. The highest BCUT2D eigenvalue weighted by Crippen LogP contribution is 2.40. The van der Waals surface area contributed by atoms with E-state index in [1.54, 1.807) is 19.2 Å². The van der Waals surface area contributed by atoms with Crippen molar-refractivity contribution in [2.24, 2.45) is 0 Å². The average molecular weight is 345 g/mol. The topological polar surface area (TPSA) is 64.3 Å². The quantitative estimate of drug-likeness (QED) is 0.852. The number of thioether (sulfide) groups is 1. The minimum atomic E-state index is -0.703. The zero-order valence-electron chi connectivity index (χ0n) is 11.3. The van der Waals surface area contributed by atoms with Crippen molar-refractivity contribution < 1.29 is 9.90 Å². The molecule has 0 saturated heterocycles.